The third-order valence-corrected chi connectivity index (χ3v) is 3.39. The van der Waals surface area contributed by atoms with Gasteiger partial charge in [0.25, 0.3) is 0 Å². The van der Waals surface area contributed by atoms with Gasteiger partial charge < -0.3 is 10.6 Å². The Hall–Kier alpha value is -1.32. The lowest BCUT2D eigenvalue weighted by molar-refractivity contribution is 0.361. The molecule has 0 spiro atoms. The molecule has 0 atom stereocenters. The molecule has 0 bridgehead atoms. The number of anilines is 2. The van der Waals surface area contributed by atoms with E-state index in [2.05, 4.69) is 27.5 Å². The normalized spacial score (nSPS) is 18.4. The number of nitrogens with one attached hydrogen (secondary N) is 2. The van der Waals surface area contributed by atoms with Crippen molar-refractivity contribution in [2.24, 2.45) is 5.41 Å². The van der Waals surface area contributed by atoms with Crippen LogP contribution in [0.4, 0.5) is 11.8 Å². The SMILES string of the molecule is CNc1nccc(NCC2(C)CCCC2)n1. The summed E-state index contributed by atoms with van der Waals surface area (Å²) in [6, 6.07) is 1.92. The molecule has 1 aromatic heterocycles. The van der Waals surface area contributed by atoms with Crippen LogP contribution in [0.1, 0.15) is 32.6 Å². The molecule has 4 heteroatoms. The van der Waals surface area contributed by atoms with Gasteiger partial charge in [0, 0.05) is 19.8 Å². The van der Waals surface area contributed by atoms with Crippen molar-refractivity contribution in [2.45, 2.75) is 32.6 Å². The monoisotopic (exact) mass is 220 g/mol. The number of rotatable bonds is 4. The van der Waals surface area contributed by atoms with Gasteiger partial charge >= 0.3 is 0 Å². The summed E-state index contributed by atoms with van der Waals surface area (Å²) in [7, 11) is 1.83. The fourth-order valence-electron chi connectivity index (χ4n) is 2.29. The van der Waals surface area contributed by atoms with Gasteiger partial charge in [-0.2, -0.15) is 4.98 Å². The molecule has 2 rings (SSSR count). The minimum atomic E-state index is 0.449. The van der Waals surface area contributed by atoms with E-state index in [0.717, 1.165) is 12.4 Å². The van der Waals surface area contributed by atoms with Crippen LogP contribution in [-0.4, -0.2) is 23.6 Å². The molecule has 1 heterocycles. The maximum atomic E-state index is 4.35. The number of hydrogen-bond acceptors (Lipinski definition) is 4. The predicted octanol–water partition coefficient (Wildman–Crippen LogP) is 2.51. The molecule has 1 saturated carbocycles. The Labute approximate surface area is 96.9 Å². The molecule has 1 aromatic rings. The highest BCUT2D eigenvalue weighted by Gasteiger charge is 2.28. The van der Waals surface area contributed by atoms with Gasteiger partial charge in [0.1, 0.15) is 5.82 Å². The lowest BCUT2D eigenvalue weighted by Crippen LogP contribution is -2.23. The van der Waals surface area contributed by atoms with Gasteiger partial charge in [0.2, 0.25) is 5.95 Å². The van der Waals surface area contributed by atoms with Crippen molar-refractivity contribution in [1.82, 2.24) is 9.97 Å². The van der Waals surface area contributed by atoms with Crippen molar-refractivity contribution < 1.29 is 0 Å². The fourth-order valence-corrected chi connectivity index (χ4v) is 2.29. The van der Waals surface area contributed by atoms with E-state index in [0.29, 0.717) is 11.4 Å². The van der Waals surface area contributed by atoms with E-state index in [1.165, 1.54) is 25.7 Å². The smallest absolute Gasteiger partial charge is 0.224 e. The highest BCUT2D eigenvalue weighted by atomic mass is 15.1. The van der Waals surface area contributed by atoms with Crippen LogP contribution in [0.25, 0.3) is 0 Å². The topological polar surface area (TPSA) is 49.8 Å². The summed E-state index contributed by atoms with van der Waals surface area (Å²) in [5.74, 6) is 1.58. The number of hydrogen-bond donors (Lipinski definition) is 2. The van der Waals surface area contributed by atoms with Crippen LogP contribution < -0.4 is 10.6 Å². The predicted molar refractivity (Wildman–Crippen MR) is 66.6 cm³/mol. The molecule has 0 radical (unpaired) electrons. The largest absolute Gasteiger partial charge is 0.369 e. The maximum absolute atomic E-state index is 4.35. The van der Waals surface area contributed by atoms with Gasteiger partial charge in [-0.3, -0.25) is 0 Å². The van der Waals surface area contributed by atoms with Crippen LogP contribution in [0.3, 0.4) is 0 Å². The van der Waals surface area contributed by atoms with Gasteiger partial charge in [-0.1, -0.05) is 19.8 Å². The van der Waals surface area contributed by atoms with E-state index < -0.39 is 0 Å². The molecule has 1 aliphatic carbocycles. The average Bonchev–Trinajstić information content (AvgIpc) is 2.75. The number of nitrogens with zero attached hydrogens (tertiary/aromatic N) is 2. The Balaban J connectivity index is 1.93. The minimum Gasteiger partial charge on any atom is -0.369 e. The van der Waals surface area contributed by atoms with Crippen LogP contribution in [0.15, 0.2) is 12.3 Å². The first-order valence-electron chi connectivity index (χ1n) is 5.97. The summed E-state index contributed by atoms with van der Waals surface area (Å²) < 4.78 is 0. The van der Waals surface area contributed by atoms with Gasteiger partial charge in [0.15, 0.2) is 0 Å². The van der Waals surface area contributed by atoms with Gasteiger partial charge in [-0.15, -0.1) is 0 Å². The van der Waals surface area contributed by atoms with Crippen molar-refractivity contribution in [2.75, 3.05) is 24.2 Å². The first-order valence-corrected chi connectivity index (χ1v) is 5.97. The molecule has 0 aromatic carbocycles. The highest BCUT2D eigenvalue weighted by molar-refractivity contribution is 5.39. The molecule has 1 fully saturated rings. The summed E-state index contributed by atoms with van der Waals surface area (Å²) in [5, 5.41) is 6.35. The Morgan fingerprint density at radius 3 is 2.81 bits per heavy atom. The Morgan fingerprint density at radius 1 is 1.38 bits per heavy atom. The van der Waals surface area contributed by atoms with Crippen LogP contribution in [0, 0.1) is 5.41 Å². The van der Waals surface area contributed by atoms with Gasteiger partial charge in [-0.05, 0) is 24.3 Å². The molecular weight excluding hydrogens is 200 g/mol. The average molecular weight is 220 g/mol. The van der Waals surface area contributed by atoms with E-state index in [4.69, 9.17) is 0 Å². The summed E-state index contributed by atoms with van der Waals surface area (Å²) in [6.45, 7) is 3.36. The van der Waals surface area contributed by atoms with E-state index in [-0.39, 0.29) is 0 Å². The Morgan fingerprint density at radius 2 is 2.12 bits per heavy atom. The van der Waals surface area contributed by atoms with Crippen molar-refractivity contribution in [1.29, 1.82) is 0 Å². The van der Waals surface area contributed by atoms with E-state index in [1.807, 2.05) is 13.1 Å². The third kappa shape index (κ3) is 2.62. The fraction of sp³-hybridized carbons (Fsp3) is 0.667. The molecule has 1 aliphatic rings. The number of aromatic nitrogens is 2. The molecule has 88 valence electrons. The lowest BCUT2D eigenvalue weighted by Gasteiger charge is -2.23. The quantitative estimate of drug-likeness (QED) is 0.818. The van der Waals surface area contributed by atoms with E-state index >= 15 is 0 Å². The maximum Gasteiger partial charge on any atom is 0.224 e. The van der Waals surface area contributed by atoms with E-state index in [1.54, 1.807) is 6.20 Å². The van der Waals surface area contributed by atoms with Crippen LogP contribution in [-0.2, 0) is 0 Å². The Bertz CT molecular complexity index is 345. The molecule has 4 nitrogen and oxygen atoms in total. The molecule has 2 N–H and O–H groups in total. The van der Waals surface area contributed by atoms with Gasteiger partial charge in [-0.25, -0.2) is 4.98 Å². The zero-order valence-corrected chi connectivity index (χ0v) is 10.1. The summed E-state index contributed by atoms with van der Waals surface area (Å²) in [4.78, 5) is 8.44. The second-order valence-electron chi connectivity index (χ2n) is 4.89. The minimum absolute atomic E-state index is 0.449. The van der Waals surface area contributed by atoms with Gasteiger partial charge in [0.05, 0.1) is 0 Å². The Kier molecular flexibility index (Phi) is 3.27. The van der Waals surface area contributed by atoms with E-state index in [9.17, 15) is 0 Å². The van der Waals surface area contributed by atoms with Crippen LogP contribution in [0.2, 0.25) is 0 Å². The zero-order chi connectivity index (χ0) is 11.4. The lowest BCUT2D eigenvalue weighted by atomic mass is 9.89. The first-order chi connectivity index (χ1) is 7.72. The summed E-state index contributed by atoms with van der Waals surface area (Å²) in [6.07, 6.45) is 7.15. The van der Waals surface area contributed by atoms with Crippen molar-refractivity contribution in [3.8, 4) is 0 Å². The molecule has 0 aliphatic heterocycles. The molecule has 0 unspecified atom stereocenters. The zero-order valence-electron chi connectivity index (χ0n) is 10.1. The second kappa shape index (κ2) is 4.68. The van der Waals surface area contributed by atoms with Crippen molar-refractivity contribution in [3.63, 3.8) is 0 Å². The standard InChI is InChI=1S/C12H20N4/c1-12(6-3-4-7-12)9-15-10-5-8-14-11(13-2)16-10/h5,8H,3-4,6-7,9H2,1-2H3,(H2,13,14,15,16). The molecule has 0 amide bonds. The highest BCUT2D eigenvalue weighted by Crippen LogP contribution is 2.37. The first kappa shape index (κ1) is 11.2. The van der Waals surface area contributed by atoms with Crippen molar-refractivity contribution >= 4 is 11.8 Å². The molecular formula is C12H20N4. The third-order valence-electron chi connectivity index (χ3n) is 3.39. The molecule has 16 heavy (non-hydrogen) atoms. The van der Waals surface area contributed by atoms with Crippen LogP contribution >= 0.6 is 0 Å². The molecule has 0 saturated heterocycles. The summed E-state index contributed by atoms with van der Waals surface area (Å²) in [5.41, 5.74) is 0.449. The van der Waals surface area contributed by atoms with Crippen molar-refractivity contribution in [3.05, 3.63) is 12.3 Å². The van der Waals surface area contributed by atoms with Crippen LogP contribution in [0.5, 0.6) is 0 Å². The summed E-state index contributed by atoms with van der Waals surface area (Å²) >= 11 is 0. The second-order valence-corrected chi connectivity index (χ2v) is 4.89.